The molecule has 2 aromatic rings. The number of nitrogens with one attached hydrogen (secondary N) is 2. The minimum absolute atomic E-state index is 0.720. The Hall–Kier alpha value is -2.37. The number of hydrogen-bond acceptors (Lipinski definition) is 3. The van der Waals surface area contributed by atoms with Gasteiger partial charge in [-0.15, -0.1) is 0 Å². The van der Waals surface area contributed by atoms with E-state index in [-0.39, 0.29) is 0 Å². The van der Waals surface area contributed by atoms with Gasteiger partial charge in [-0.1, -0.05) is 6.07 Å². The van der Waals surface area contributed by atoms with Crippen molar-refractivity contribution in [2.75, 3.05) is 19.6 Å². The SMILES string of the molecule is CCNC(=NCCc1ccccn1)NCCc1c(C)nn(C)c1C. The predicted octanol–water partition coefficient (Wildman–Crippen LogP) is 1.77. The van der Waals surface area contributed by atoms with Crippen LogP contribution in [-0.2, 0) is 19.9 Å². The van der Waals surface area contributed by atoms with Crippen LogP contribution in [-0.4, -0.2) is 40.4 Å². The summed E-state index contributed by atoms with van der Waals surface area (Å²) in [5, 5.41) is 11.2. The van der Waals surface area contributed by atoms with Gasteiger partial charge in [-0.25, -0.2) is 0 Å². The molecule has 0 aliphatic carbocycles. The molecule has 0 bridgehead atoms. The van der Waals surface area contributed by atoms with Gasteiger partial charge >= 0.3 is 0 Å². The van der Waals surface area contributed by atoms with E-state index >= 15 is 0 Å². The third-order valence-corrected chi connectivity index (χ3v) is 4.03. The van der Waals surface area contributed by atoms with Crippen molar-refractivity contribution in [1.82, 2.24) is 25.4 Å². The lowest BCUT2D eigenvalue weighted by atomic mass is 10.1. The van der Waals surface area contributed by atoms with Crippen LogP contribution in [0.3, 0.4) is 0 Å². The van der Waals surface area contributed by atoms with Crippen molar-refractivity contribution >= 4 is 5.96 Å². The van der Waals surface area contributed by atoms with Crippen molar-refractivity contribution in [3.05, 3.63) is 47.0 Å². The smallest absolute Gasteiger partial charge is 0.191 e. The average Bonchev–Trinajstić information content (AvgIpc) is 2.82. The van der Waals surface area contributed by atoms with Gasteiger partial charge in [-0.2, -0.15) is 5.10 Å². The fourth-order valence-electron chi connectivity index (χ4n) is 2.66. The summed E-state index contributed by atoms with van der Waals surface area (Å²) in [6.07, 6.45) is 3.61. The Morgan fingerprint density at radius 3 is 2.67 bits per heavy atom. The molecule has 24 heavy (non-hydrogen) atoms. The van der Waals surface area contributed by atoms with Crippen molar-refractivity contribution in [2.45, 2.75) is 33.6 Å². The number of aromatic nitrogens is 3. The molecule has 0 radical (unpaired) electrons. The first-order valence-corrected chi connectivity index (χ1v) is 8.53. The van der Waals surface area contributed by atoms with Crippen LogP contribution >= 0.6 is 0 Å². The molecule has 0 saturated heterocycles. The second-order valence-electron chi connectivity index (χ2n) is 5.78. The molecule has 130 valence electrons. The zero-order valence-corrected chi connectivity index (χ0v) is 15.1. The third kappa shape index (κ3) is 5.08. The Morgan fingerprint density at radius 1 is 1.21 bits per heavy atom. The summed E-state index contributed by atoms with van der Waals surface area (Å²) in [6.45, 7) is 8.65. The molecule has 2 aromatic heterocycles. The van der Waals surface area contributed by atoms with E-state index in [1.54, 1.807) is 0 Å². The van der Waals surface area contributed by atoms with Crippen LogP contribution < -0.4 is 10.6 Å². The molecule has 2 heterocycles. The van der Waals surface area contributed by atoms with Crippen LogP contribution in [0.4, 0.5) is 0 Å². The van der Waals surface area contributed by atoms with E-state index in [1.165, 1.54) is 11.3 Å². The quantitative estimate of drug-likeness (QED) is 0.600. The summed E-state index contributed by atoms with van der Waals surface area (Å²) in [7, 11) is 1.99. The summed E-state index contributed by atoms with van der Waals surface area (Å²) in [5.41, 5.74) is 4.72. The highest BCUT2D eigenvalue weighted by atomic mass is 15.3. The summed E-state index contributed by atoms with van der Waals surface area (Å²) < 4.78 is 1.94. The molecule has 2 rings (SSSR count). The molecule has 0 aromatic carbocycles. The molecule has 2 N–H and O–H groups in total. The van der Waals surface area contributed by atoms with Crippen molar-refractivity contribution in [3.63, 3.8) is 0 Å². The van der Waals surface area contributed by atoms with Crippen molar-refractivity contribution in [3.8, 4) is 0 Å². The van der Waals surface area contributed by atoms with Crippen LogP contribution in [0.15, 0.2) is 29.4 Å². The molecule has 0 amide bonds. The van der Waals surface area contributed by atoms with Crippen LogP contribution in [0.25, 0.3) is 0 Å². The van der Waals surface area contributed by atoms with Gasteiger partial charge in [-0.3, -0.25) is 14.7 Å². The number of pyridine rings is 1. The van der Waals surface area contributed by atoms with Gasteiger partial charge in [0.25, 0.3) is 0 Å². The molecule has 0 atom stereocenters. The van der Waals surface area contributed by atoms with E-state index in [0.29, 0.717) is 0 Å². The number of aryl methyl sites for hydroxylation is 2. The maximum Gasteiger partial charge on any atom is 0.191 e. The van der Waals surface area contributed by atoms with Crippen molar-refractivity contribution in [2.24, 2.45) is 12.0 Å². The fraction of sp³-hybridized carbons (Fsp3) is 0.500. The number of hydrogen-bond donors (Lipinski definition) is 2. The van der Waals surface area contributed by atoms with Crippen LogP contribution in [0.2, 0.25) is 0 Å². The van der Waals surface area contributed by atoms with Crippen LogP contribution in [0.1, 0.15) is 29.6 Å². The van der Waals surface area contributed by atoms with Gasteiger partial charge in [0, 0.05) is 50.7 Å². The largest absolute Gasteiger partial charge is 0.357 e. The van der Waals surface area contributed by atoms with E-state index < -0.39 is 0 Å². The molecule has 0 saturated carbocycles. The molecule has 0 unspecified atom stereocenters. The van der Waals surface area contributed by atoms with E-state index in [1.807, 2.05) is 36.1 Å². The molecular formula is C18H28N6. The molecule has 6 nitrogen and oxygen atoms in total. The first kappa shape index (κ1) is 18.0. The van der Waals surface area contributed by atoms with Crippen LogP contribution in [0, 0.1) is 13.8 Å². The lowest BCUT2D eigenvalue weighted by Gasteiger charge is -2.11. The average molecular weight is 328 g/mol. The first-order chi connectivity index (χ1) is 11.6. The van der Waals surface area contributed by atoms with E-state index in [4.69, 9.17) is 0 Å². The van der Waals surface area contributed by atoms with Gasteiger partial charge in [0.1, 0.15) is 0 Å². The Labute approximate surface area is 144 Å². The molecule has 6 heteroatoms. The third-order valence-electron chi connectivity index (χ3n) is 4.03. The highest BCUT2D eigenvalue weighted by Gasteiger charge is 2.09. The summed E-state index contributed by atoms with van der Waals surface area (Å²) in [6, 6.07) is 5.97. The van der Waals surface area contributed by atoms with Gasteiger partial charge in [0.15, 0.2) is 5.96 Å². The predicted molar refractivity (Wildman–Crippen MR) is 98.3 cm³/mol. The van der Waals surface area contributed by atoms with E-state index in [9.17, 15) is 0 Å². The van der Waals surface area contributed by atoms with Crippen molar-refractivity contribution in [1.29, 1.82) is 0 Å². The van der Waals surface area contributed by atoms with E-state index in [0.717, 1.165) is 49.8 Å². The standard InChI is InChI=1S/C18H28N6/c1-5-19-18(21-12-9-16-8-6-7-11-20-16)22-13-10-17-14(2)23-24(4)15(17)3/h6-8,11H,5,9-10,12-13H2,1-4H3,(H2,19,21,22). The molecule has 0 aliphatic heterocycles. The van der Waals surface area contributed by atoms with Gasteiger partial charge in [0.05, 0.1) is 5.69 Å². The van der Waals surface area contributed by atoms with Gasteiger partial charge in [-0.05, 0) is 44.9 Å². The summed E-state index contributed by atoms with van der Waals surface area (Å²) in [5.74, 6) is 0.854. The second kappa shape index (κ2) is 9.05. The second-order valence-corrected chi connectivity index (χ2v) is 5.78. The Balaban J connectivity index is 1.85. The number of guanidine groups is 1. The van der Waals surface area contributed by atoms with Crippen LogP contribution in [0.5, 0.6) is 0 Å². The molecular weight excluding hydrogens is 300 g/mol. The monoisotopic (exact) mass is 328 g/mol. The zero-order valence-electron chi connectivity index (χ0n) is 15.1. The minimum atomic E-state index is 0.720. The molecule has 0 aliphatic rings. The Bertz CT molecular complexity index is 660. The highest BCUT2D eigenvalue weighted by molar-refractivity contribution is 5.79. The maximum atomic E-state index is 4.62. The topological polar surface area (TPSA) is 67.1 Å². The molecule has 0 fully saturated rings. The number of aliphatic imine (C=N–C) groups is 1. The Kier molecular flexibility index (Phi) is 6.78. The highest BCUT2D eigenvalue weighted by Crippen LogP contribution is 2.11. The summed E-state index contributed by atoms with van der Waals surface area (Å²) in [4.78, 5) is 8.95. The zero-order chi connectivity index (χ0) is 17.4. The lowest BCUT2D eigenvalue weighted by Crippen LogP contribution is -2.38. The van der Waals surface area contributed by atoms with Crippen molar-refractivity contribution < 1.29 is 0 Å². The minimum Gasteiger partial charge on any atom is -0.357 e. The fourth-order valence-corrected chi connectivity index (χ4v) is 2.66. The Morgan fingerprint density at radius 2 is 2.04 bits per heavy atom. The number of rotatable bonds is 7. The first-order valence-electron chi connectivity index (χ1n) is 8.53. The summed E-state index contributed by atoms with van der Waals surface area (Å²) >= 11 is 0. The number of nitrogens with zero attached hydrogens (tertiary/aromatic N) is 4. The van der Waals surface area contributed by atoms with Gasteiger partial charge in [0.2, 0.25) is 0 Å². The van der Waals surface area contributed by atoms with E-state index in [2.05, 4.69) is 46.5 Å². The lowest BCUT2D eigenvalue weighted by molar-refractivity contribution is 0.729. The maximum absolute atomic E-state index is 4.62. The molecule has 0 spiro atoms. The van der Waals surface area contributed by atoms with Gasteiger partial charge < -0.3 is 10.6 Å². The normalized spacial score (nSPS) is 11.6.